The van der Waals surface area contributed by atoms with E-state index in [4.69, 9.17) is 8.94 Å². The zero-order chi connectivity index (χ0) is 18.8. The number of hydrogen-bond acceptors (Lipinski definition) is 7. The van der Waals surface area contributed by atoms with Crippen LogP contribution in [0.15, 0.2) is 39.6 Å². The molecule has 0 radical (unpaired) electrons. The molecule has 1 unspecified atom stereocenters. The van der Waals surface area contributed by atoms with Gasteiger partial charge in [0.15, 0.2) is 11.5 Å². The SMILES string of the molecule is CC(C)c1noc(-c2cn(C3CCN(C(=O)/C=C/c4ccco4)C3)nn2)n1. The first-order valence-electron chi connectivity index (χ1n) is 8.86. The number of furan rings is 1. The molecular formula is C18H20N6O3. The Hall–Kier alpha value is -3.23. The Bertz CT molecular complexity index is 940. The minimum Gasteiger partial charge on any atom is -0.465 e. The number of likely N-dealkylation sites (tertiary alicyclic amines) is 1. The maximum Gasteiger partial charge on any atom is 0.280 e. The van der Waals surface area contributed by atoms with Crippen LogP contribution in [0, 0.1) is 0 Å². The molecule has 4 heterocycles. The highest BCUT2D eigenvalue weighted by Gasteiger charge is 2.28. The third-order valence-electron chi connectivity index (χ3n) is 4.47. The minimum absolute atomic E-state index is 0.0484. The van der Waals surface area contributed by atoms with Crippen molar-refractivity contribution in [2.24, 2.45) is 0 Å². The Balaban J connectivity index is 1.40. The summed E-state index contributed by atoms with van der Waals surface area (Å²) in [6.07, 6.45) is 7.37. The molecule has 1 amide bonds. The lowest BCUT2D eigenvalue weighted by Gasteiger charge is -2.14. The average Bonchev–Trinajstić information content (AvgIpc) is 3.46. The van der Waals surface area contributed by atoms with Crippen LogP contribution in [0.2, 0.25) is 0 Å². The maximum atomic E-state index is 12.3. The van der Waals surface area contributed by atoms with Crippen LogP contribution >= 0.6 is 0 Å². The summed E-state index contributed by atoms with van der Waals surface area (Å²) < 4.78 is 12.2. The number of nitrogens with zero attached hydrogens (tertiary/aromatic N) is 6. The Morgan fingerprint density at radius 2 is 2.30 bits per heavy atom. The summed E-state index contributed by atoms with van der Waals surface area (Å²) in [6, 6.07) is 3.65. The number of rotatable bonds is 5. The summed E-state index contributed by atoms with van der Waals surface area (Å²) in [4.78, 5) is 18.5. The zero-order valence-electron chi connectivity index (χ0n) is 15.1. The molecule has 0 bridgehead atoms. The number of hydrogen-bond donors (Lipinski definition) is 0. The van der Waals surface area contributed by atoms with Gasteiger partial charge in [0.25, 0.3) is 5.89 Å². The molecule has 27 heavy (non-hydrogen) atoms. The average molecular weight is 368 g/mol. The van der Waals surface area contributed by atoms with Gasteiger partial charge in [0, 0.05) is 25.1 Å². The van der Waals surface area contributed by atoms with E-state index in [1.807, 2.05) is 13.8 Å². The van der Waals surface area contributed by atoms with Crippen LogP contribution in [0.5, 0.6) is 0 Å². The quantitative estimate of drug-likeness (QED) is 0.637. The molecular weight excluding hydrogens is 348 g/mol. The van der Waals surface area contributed by atoms with E-state index in [0.717, 1.165) is 6.42 Å². The van der Waals surface area contributed by atoms with Crippen LogP contribution in [0.3, 0.4) is 0 Å². The predicted octanol–water partition coefficient (Wildman–Crippen LogP) is 2.53. The van der Waals surface area contributed by atoms with E-state index in [9.17, 15) is 4.79 Å². The Morgan fingerprint density at radius 1 is 1.41 bits per heavy atom. The number of carbonyl (C=O) groups excluding carboxylic acids is 1. The highest BCUT2D eigenvalue weighted by Crippen LogP contribution is 2.24. The maximum absolute atomic E-state index is 12.3. The van der Waals surface area contributed by atoms with E-state index >= 15 is 0 Å². The van der Waals surface area contributed by atoms with Gasteiger partial charge in [0.05, 0.1) is 18.5 Å². The van der Waals surface area contributed by atoms with Crippen molar-refractivity contribution in [2.45, 2.75) is 32.2 Å². The summed E-state index contributed by atoms with van der Waals surface area (Å²) in [6.45, 7) is 5.23. The van der Waals surface area contributed by atoms with E-state index in [2.05, 4.69) is 20.5 Å². The molecule has 0 aliphatic carbocycles. The van der Waals surface area contributed by atoms with Crippen molar-refractivity contribution >= 4 is 12.0 Å². The summed E-state index contributed by atoms with van der Waals surface area (Å²) in [7, 11) is 0. The summed E-state index contributed by atoms with van der Waals surface area (Å²) in [5.74, 6) is 1.78. The lowest BCUT2D eigenvalue weighted by Crippen LogP contribution is -2.27. The van der Waals surface area contributed by atoms with Crippen LogP contribution < -0.4 is 0 Å². The van der Waals surface area contributed by atoms with Crippen molar-refractivity contribution in [1.82, 2.24) is 30.0 Å². The Kier molecular flexibility index (Phi) is 4.57. The molecule has 1 saturated heterocycles. The smallest absolute Gasteiger partial charge is 0.280 e. The first-order valence-corrected chi connectivity index (χ1v) is 8.86. The van der Waals surface area contributed by atoms with Gasteiger partial charge in [-0.15, -0.1) is 5.10 Å². The van der Waals surface area contributed by atoms with Crippen molar-refractivity contribution in [3.8, 4) is 11.6 Å². The van der Waals surface area contributed by atoms with Gasteiger partial charge >= 0.3 is 0 Å². The molecule has 0 spiro atoms. The Labute approximate surface area is 155 Å². The monoisotopic (exact) mass is 368 g/mol. The normalized spacial score (nSPS) is 17.4. The highest BCUT2D eigenvalue weighted by molar-refractivity contribution is 5.91. The van der Waals surface area contributed by atoms with Gasteiger partial charge in [0.1, 0.15) is 5.76 Å². The van der Waals surface area contributed by atoms with Crippen molar-refractivity contribution in [3.63, 3.8) is 0 Å². The molecule has 3 aromatic rings. The molecule has 0 saturated carbocycles. The molecule has 0 N–H and O–H groups in total. The molecule has 0 aromatic carbocycles. The lowest BCUT2D eigenvalue weighted by molar-refractivity contribution is -0.125. The minimum atomic E-state index is -0.0484. The molecule has 9 heteroatoms. The number of carbonyl (C=O) groups is 1. The van der Waals surface area contributed by atoms with E-state index in [1.165, 1.54) is 6.08 Å². The summed E-state index contributed by atoms with van der Waals surface area (Å²) >= 11 is 0. The second kappa shape index (κ2) is 7.18. The number of amides is 1. The van der Waals surface area contributed by atoms with E-state index in [-0.39, 0.29) is 17.9 Å². The number of aromatic nitrogens is 5. The second-order valence-electron chi connectivity index (χ2n) is 6.77. The van der Waals surface area contributed by atoms with Gasteiger partial charge in [-0.2, -0.15) is 4.98 Å². The van der Waals surface area contributed by atoms with Crippen molar-refractivity contribution < 1.29 is 13.7 Å². The van der Waals surface area contributed by atoms with Gasteiger partial charge in [-0.05, 0) is 24.6 Å². The zero-order valence-corrected chi connectivity index (χ0v) is 15.1. The largest absolute Gasteiger partial charge is 0.465 e. The second-order valence-corrected chi connectivity index (χ2v) is 6.77. The van der Waals surface area contributed by atoms with Crippen molar-refractivity contribution in [2.75, 3.05) is 13.1 Å². The molecule has 3 aromatic heterocycles. The van der Waals surface area contributed by atoms with Crippen molar-refractivity contribution in [1.29, 1.82) is 0 Å². The lowest BCUT2D eigenvalue weighted by atomic mass is 10.2. The fraction of sp³-hybridized carbons (Fsp3) is 0.389. The third-order valence-corrected chi connectivity index (χ3v) is 4.47. The standard InChI is InChI=1S/C18H20N6O3/c1-12(2)17-19-18(27-21-17)15-11-24(22-20-15)13-7-8-23(10-13)16(25)6-5-14-4-3-9-26-14/h3-6,9,11-13H,7-8,10H2,1-2H3/b6-5+. The molecule has 1 aliphatic rings. The molecule has 1 aliphatic heterocycles. The summed E-state index contributed by atoms with van der Waals surface area (Å²) in [5, 5.41) is 12.3. The first kappa shape index (κ1) is 17.2. The topological polar surface area (TPSA) is 103 Å². The van der Waals surface area contributed by atoms with Crippen LogP contribution in [0.4, 0.5) is 0 Å². The van der Waals surface area contributed by atoms with Gasteiger partial charge in [0.2, 0.25) is 5.91 Å². The molecule has 140 valence electrons. The van der Waals surface area contributed by atoms with Crippen LogP contribution in [0.25, 0.3) is 17.7 Å². The van der Waals surface area contributed by atoms with Gasteiger partial charge in [-0.25, -0.2) is 4.68 Å². The predicted molar refractivity (Wildman–Crippen MR) is 95.4 cm³/mol. The van der Waals surface area contributed by atoms with Gasteiger partial charge < -0.3 is 13.8 Å². The van der Waals surface area contributed by atoms with E-state index in [1.54, 1.807) is 40.3 Å². The van der Waals surface area contributed by atoms with Crippen LogP contribution in [0.1, 0.15) is 43.8 Å². The summed E-state index contributed by atoms with van der Waals surface area (Å²) in [5.41, 5.74) is 0.539. The fourth-order valence-electron chi connectivity index (χ4n) is 2.93. The fourth-order valence-corrected chi connectivity index (χ4v) is 2.93. The van der Waals surface area contributed by atoms with Crippen LogP contribution in [-0.2, 0) is 4.79 Å². The third kappa shape index (κ3) is 3.67. The van der Waals surface area contributed by atoms with E-state index < -0.39 is 0 Å². The molecule has 4 rings (SSSR count). The first-order chi connectivity index (χ1) is 13.1. The highest BCUT2D eigenvalue weighted by atomic mass is 16.5. The Morgan fingerprint density at radius 3 is 3.04 bits per heavy atom. The van der Waals surface area contributed by atoms with E-state index in [0.29, 0.717) is 36.3 Å². The van der Waals surface area contributed by atoms with Crippen molar-refractivity contribution in [3.05, 3.63) is 42.3 Å². The molecule has 1 fully saturated rings. The molecule has 9 nitrogen and oxygen atoms in total. The van der Waals surface area contributed by atoms with Gasteiger partial charge in [-0.1, -0.05) is 24.2 Å². The molecule has 1 atom stereocenters. The van der Waals surface area contributed by atoms with Gasteiger partial charge in [-0.3, -0.25) is 4.79 Å². The van der Waals surface area contributed by atoms with Crippen LogP contribution in [-0.4, -0.2) is 49.0 Å².